The van der Waals surface area contributed by atoms with Crippen LogP contribution in [0.4, 0.5) is 27.6 Å². The van der Waals surface area contributed by atoms with Crippen molar-refractivity contribution in [1.82, 2.24) is 4.90 Å². The van der Waals surface area contributed by atoms with Crippen molar-refractivity contribution in [3.8, 4) is 0 Å². The van der Waals surface area contributed by atoms with Crippen molar-refractivity contribution in [2.45, 2.75) is 29.7 Å². The fourth-order valence-electron chi connectivity index (χ4n) is 3.38. The molecule has 2 aromatic rings. The Kier molecular flexibility index (Phi) is 7.66. The summed E-state index contributed by atoms with van der Waals surface area (Å²) in [5.41, 5.74) is -0.514. The number of nitrogens with one attached hydrogen (secondary N) is 1. The summed E-state index contributed by atoms with van der Waals surface area (Å²) in [4.78, 5) is 26.8. The molecule has 0 spiro atoms. The number of alkyl halides is 5. The third-order valence-corrected chi connectivity index (χ3v) is 6.32. The summed E-state index contributed by atoms with van der Waals surface area (Å²) in [5, 5.41) is 2.74. The van der Waals surface area contributed by atoms with Crippen molar-refractivity contribution >= 4 is 40.9 Å². The maximum atomic E-state index is 12.8. The number of benzene rings is 2. The average molecular weight is 493 g/mol. The molecule has 0 radical (unpaired) electrons. The predicted molar refractivity (Wildman–Crippen MR) is 112 cm³/mol. The van der Waals surface area contributed by atoms with Gasteiger partial charge in [-0.3, -0.25) is 9.59 Å². The van der Waals surface area contributed by atoms with E-state index in [2.05, 4.69) is 5.32 Å². The van der Waals surface area contributed by atoms with Crippen LogP contribution in [0.1, 0.15) is 28.8 Å². The maximum Gasteiger partial charge on any atom is 0.416 e. The molecule has 0 saturated carbocycles. The lowest BCUT2D eigenvalue weighted by Gasteiger charge is -2.31. The SMILES string of the molecule is O=C(Nc1cccc(Cl)c1SC(F)F)C1CCN(C(=O)c2ccc(C(F)(F)F)cc2)CC1. The van der Waals surface area contributed by atoms with Crippen LogP contribution in [-0.2, 0) is 11.0 Å². The van der Waals surface area contributed by atoms with Crippen LogP contribution in [0, 0.1) is 5.92 Å². The van der Waals surface area contributed by atoms with Gasteiger partial charge in [0.25, 0.3) is 11.7 Å². The zero-order valence-electron chi connectivity index (χ0n) is 16.5. The van der Waals surface area contributed by atoms with Crippen molar-refractivity contribution in [1.29, 1.82) is 0 Å². The average Bonchev–Trinajstić information content (AvgIpc) is 2.75. The summed E-state index contributed by atoms with van der Waals surface area (Å²) in [6, 6.07) is 8.45. The van der Waals surface area contributed by atoms with E-state index in [4.69, 9.17) is 11.6 Å². The fraction of sp³-hybridized carbons (Fsp3) is 0.333. The van der Waals surface area contributed by atoms with Gasteiger partial charge >= 0.3 is 6.18 Å². The van der Waals surface area contributed by atoms with Gasteiger partial charge in [0.1, 0.15) is 0 Å². The summed E-state index contributed by atoms with van der Waals surface area (Å²) in [6.45, 7) is 0.484. The predicted octanol–water partition coefficient (Wildman–Crippen LogP) is 6.16. The lowest BCUT2D eigenvalue weighted by molar-refractivity contribution is -0.137. The van der Waals surface area contributed by atoms with Crippen molar-refractivity contribution in [3.05, 3.63) is 58.6 Å². The molecule has 32 heavy (non-hydrogen) atoms. The summed E-state index contributed by atoms with van der Waals surface area (Å²) in [5.74, 6) is -3.94. The first kappa shape index (κ1) is 24.3. The minimum atomic E-state index is -4.48. The van der Waals surface area contributed by atoms with E-state index >= 15 is 0 Å². The number of anilines is 1. The third kappa shape index (κ3) is 5.92. The minimum absolute atomic E-state index is 0.0763. The molecule has 2 aromatic carbocycles. The van der Waals surface area contributed by atoms with Crippen LogP contribution in [0.5, 0.6) is 0 Å². The van der Waals surface area contributed by atoms with Crippen LogP contribution in [0.3, 0.4) is 0 Å². The van der Waals surface area contributed by atoms with E-state index in [1.165, 1.54) is 17.0 Å². The number of hydrogen-bond acceptors (Lipinski definition) is 3. The van der Waals surface area contributed by atoms with E-state index in [1.54, 1.807) is 6.07 Å². The first-order valence-corrected chi connectivity index (χ1v) is 10.8. The Bertz CT molecular complexity index is 977. The number of thioether (sulfide) groups is 1. The first-order valence-electron chi connectivity index (χ1n) is 9.57. The van der Waals surface area contributed by atoms with Gasteiger partial charge in [-0.15, -0.1) is 0 Å². The molecule has 1 aliphatic heterocycles. The molecule has 1 aliphatic rings. The molecule has 2 amide bonds. The molecule has 1 saturated heterocycles. The fourth-order valence-corrected chi connectivity index (χ4v) is 4.29. The van der Waals surface area contributed by atoms with Crippen molar-refractivity contribution in [3.63, 3.8) is 0 Å². The van der Waals surface area contributed by atoms with Gasteiger partial charge in [-0.05, 0) is 49.2 Å². The number of nitrogens with zero attached hydrogens (tertiary/aromatic N) is 1. The van der Waals surface area contributed by atoms with Crippen molar-refractivity contribution < 1.29 is 31.5 Å². The molecule has 3 rings (SSSR count). The molecule has 0 atom stereocenters. The molecular formula is C21H18ClF5N2O2S. The zero-order valence-corrected chi connectivity index (χ0v) is 18.0. The highest BCUT2D eigenvalue weighted by atomic mass is 35.5. The second-order valence-electron chi connectivity index (χ2n) is 7.13. The van der Waals surface area contributed by atoms with E-state index in [9.17, 15) is 31.5 Å². The topological polar surface area (TPSA) is 49.4 Å². The van der Waals surface area contributed by atoms with Gasteiger partial charge in [-0.1, -0.05) is 29.4 Å². The Balaban J connectivity index is 1.59. The van der Waals surface area contributed by atoms with Crippen LogP contribution in [0.2, 0.25) is 5.02 Å². The highest BCUT2D eigenvalue weighted by molar-refractivity contribution is 7.99. The molecule has 4 nitrogen and oxygen atoms in total. The van der Waals surface area contributed by atoms with Gasteiger partial charge in [0.2, 0.25) is 5.91 Å². The molecule has 1 fully saturated rings. The second kappa shape index (κ2) is 10.1. The minimum Gasteiger partial charge on any atom is -0.339 e. The van der Waals surface area contributed by atoms with Gasteiger partial charge in [-0.2, -0.15) is 22.0 Å². The van der Waals surface area contributed by atoms with Crippen molar-refractivity contribution in [2.75, 3.05) is 18.4 Å². The van der Waals surface area contributed by atoms with Gasteiger partial charge in [0.05, 0.1) is 21.2 Å². The van der Waals surface area contributed by atoms with E-state index in [0.717, 1.165) is 24.3 Å². The Morgan fingerprint density at radius 1 is 1.06 bits per heavy atom. The van der Waals surface area contributed by atoms with Crippen molar-refractivity contribution in [2.24, 2.45) is 5.92 Å². The molecule has 1 N–H and O–H groups in total. The first-order chi connectivity index (χ1) is 15.1. The molecule has 0 bridgehead atoms. The lowest BCUT2D eigenvalue weighted by Crippen LogP contribution is -2.41. The summed E-state index contributed by atoms with van der Waals surface area (Å²) in [7, 11) is 0. The molecule has 0 aliphatic carbocycles. The number of carbonyl (C=O) groups excluding carboxylic acids is 2. The Morgan fingerprint density at radius 2 is 1.69 bits per heavy atom. The van der Waals surface area contributed by atoms with Gasteiger partial charge in [-0.25, -0.2) is 0 Å². The normalized spacial score (nSPS) is 15.2. The van der Waals surface area contributed by atoms with Gasteiger partial charge < -0.3 is 10.2 Å². The number of hydrogen-bond donors (Lipinski definition) is 1. The lowest BCUT2D eigenvalue weighted by atomic mass is 9.95. The number of halogens is 6. The number of piperidine rings is 1. The zero-order chi connectivity index (χ0) is 23.5. The Hall–Kier alpha value is -2.33. The number of likely N-dealkylation sites (tertiary alicyclic amines) is 1. The molecule has 0 aromatic heterocycles. The largest absolute Gasteiger partial charge is 0.416 e. The van der Waals surface area contributed by atoms with Crippen LogP contribution < -0.4 is 5.32 Å². The third-order valence-electron chi connectivity index (χ3n) is 5.04. The molecule has 172 valence electrons. The number of amides is 2. The second-order valence-corrected chi connectivity index (χ2v) is 8.53. The molecular weight excluding hydrogens is 475 g/mol. The highest BCUT2D eigenvalue weighted by Crippen LogP contribution is 2.38. The van der Waals surface area contributed by atoms with E-state index in [1.807, 2.05) is 0 Å². The number of carbonyl (C=O) groups is 2. The smallest absolute Gasteiger partial charge is 0.339 e. The van der Waals surface area contributed by atoms with E-state index in [-0.39, 0.29) is 51.9 Å². The molecule has 1 heterocycles. The highest BCUT2D eigenvalue weighted by Gasteiger charge is 2.31. The maximum absolute atomic E-state index is 12.8. The monoisotopic (exact) mass is 492 g/mol. The quantitative estimate of drug-likeness (QED) is 0.401. The summed E-state index contributed by atoms with van der Waals surface area (Å²) >= 11 is 6.22. The van der Waals surface area contributed by atoms with Crippen LogP contribution >= 0.6 is 23.4 Å². The number of rotatable bonds is 5. The van der Waals surface area contributed by atoms with Crippen LogP contribution in [0.15, 0.2) is 47.4 Å². The molecule has 11 heteroatoms. The summed E-state index contributed by atoms with van der Waals surface area (Å²) in [6.07, 6.45) is -3.82. The molecule has 0 unspecified atom stereocenters. The summed E-state index contributed by atoms with van der Waals surface area (Å²) < 4.78 is 63.7. The Morgan fingerprint density at radius 3 is 2.25 bits per heavy atom. The van der Waals surface area contributed by atoms with Gasteiger partial charge in [0, 0.05) is 24.6 Å². The van der Waals surface area contributed by atoms with Gasteiger partial charge in [0.15, 0.2) is 0 Å². The van der Waals surface area contributed by atoms with E-state index < -0.39 is 29.3 Å². The van der Waals surface area contributed by atoms with Crippen LogP contribution in [0.25, 0.3) is 0 Å². The standard InChI is InChI=1S/C21H18ClF5N2O2S/c22-15-2-1-3-16(17(15)32-20(23)24)28-18(30)12-8-10-29(11-9-12)19(31)13-4-6-14(7-5-13)21(25,26)27/h1-7,12,20H,8-11H2,(H,28,30). The Labute approximate surface area is 190 Å². The van der Waals surface area contributed by atoms with E-state index in [0.29, 0.717) is 12.8 Å². The van der Waals surface area contributed by atoms with Crippen LogP contribution in [-0.4, -0.2) is 35.6 Å².